The topological polar surface area (TPSA) is 59.1 Å². The maximum atomic E-state index is 6.16. The van der Waals surface area contributed by atoms with Crippen molar-refractivity contribution in [2.45, 2.75) is 13.0 Å². The van der Waals surface area contributed by atoms with E-state index in [1.54, 1.807) is 13.2 Å². The van der Waals surface area contributed by atoms with E-state index in [2.05, 4.69) is 19.4 Å². The molecule has 0 aliphatic heterocycles. The van der Waals surface area contributed by atoms with Crippen LogP contribution in [0.25, 0.3) is 11.0 Å². The van der Waals surface area contributed by atoms with Crippen molar-refractivity contribution < 1.29 is 4.74 Å². The molecule has 0 aliphatic carbocycles. The number of aromatic nitrogens is 2. The molecule has 0 aliphatic rings. The third kappa shape index (κ3) is 3.50. The van der Waals surface area contributed by atoms with Gasteiger partial charge in [-0.05, 0) is 31.3 Å². The number of hydrogen-bond acceptors (Lipinski definition) is 5. The van der Waals surface area contributed by atoms with Crippen LogP contribution in [0, 0.1) is 0 Å². The normalized spacial score (nSPS) is 12.4. The van der Waals surface area contributed by atoms with Gasteiger partial charge in [0.2, 0.25) is 0 Å². The molecule has 2 aromatic rings. The molecule has 1 aromatic heterocycles. The second-order valence-electron chi connectivity index (χ2n) is 4.01. The average molecular weight is 317 g/mol. The summed E-state index contributed by atoms with van der Waals surface area (Å²) in [5.41, 5.74) is 2.20. The minimum atomic E-state index is 0.108. The number of hydrogen-bond donors (Lipinski definition) is 2. The van der Waals surface area contributed by atoms with Gasteiger partial charge in [0.1, 0.15) is 11.0 Å². The fourth-order valence-corrected chi connectivity index (χ4v) is 2.66. The minimum Gasteiger partial charge on any atom is -0.383 e. The third-order valence-electron chi connectivity index (χ3n) is 2.41. The quantitative estimate of drug-likeness (QED) is 0.846. The lowest BCUT2D eigenvalue weighted by atomic mass is 10.2. The lowest BCUT2D eigenvalue weighted by molar-refractivity contribution is 0.179. The first-order valence-corrected chi connectivity index (χ1v) is 7.10. The Balaban J connectivity index is 2.14. The number of ether oxygens (including phenoxy) is 1. The van der Waals surface area contributed by atoms with E-state index >= 15 is 0 Å². The largest absolute Gasteiger partial charge is 0.383 e. The van der Waals surface area contributed by atoms with Crippen LogP contribution in [0.2, 0.25) is 5.02 Å². The second kappa shape index (κ2) is 6.42. The second-order valence-corrected chi connectivity index (χ2v) is 5.35. The molecule has 5 nitrogen and oxygen atoms in total. The highest BCUT2D eigenvalue weighted by molar-refractivity contribution is 7.80. The SMILES string of the molecule is COCC(C)NC(=S)Nc1c(Cl)ccc2nsnc12. The molecule has 1 atom stereocenters. The van der Waals surface area contributed by atoms with Gasteiger partial charge in [-0.25, -0.2) is 0 Å². The summed E-state index contributed by atoms with van der Waals surface area (Å²) in [5, 5.41) is 7.21. The Kier molecular flexibility index (Phi) is 4.87. The summed E-state index contributed by atoms with van der Waals surface area (Å²) < 4.78 is 13.4. The predicted molar refractivity (Wildman–Crippen MR) is 83.1 cm³/mol. The molecule has 2 N–H and O–H groups in total. The number of nitrogens with zero attached hydrogens (tertiary/aromatic N) is 2. The van der Waals surface area contributed by atoms with Crippen LogP contribution in [0.1, 0.15) is 6.92 Å². The molecule has 1 heterocycles. The molecule has 0 radical (unpaired) electrons. The molecular weight excluding hydrogens is 304 g/mol. The van der Waals surface area contributed by atoms with Crippen molar-refractivity contribution in [3.8, 4) is 0 Å². The van der Waals surface area contributed by atoms with Gasteiger partial charge in [0.05, 0.1) is 29.0 Å². The van der Waals surface area contributed by atoms with Crippen LogP contribution in [-0.2, 0) is 4.74 Å². The van der Waals surface area contributed by atoms with Crippen LogP contribution in [0.4, 0.5) is 5.69 Å². The highest BCUT2D eigenvalue weighted by Crippen LogP contribution is 2.29. The molecule has 0 bridgehead atoms. The van der Waals surface area contributed by atoms with Crippen LogP contribution in [0.15, 0.2) is 12.1 Å². The van der Waals surface area contributed by atoms with Gasteiger partial charge in [-0.1, -0.05) is 11.6 Å². The van der Waals surface area contributed by atoms with Crippen LogP contribution in [-0.4, -0.2) is 33.6 Å². The van der Waals surface area contributed by atoms with E-state index in [4.69, 9.17) is 28.6 Å². The number of fused-ring (bicyclic) bond motifs is 1. The third-order valence-corrected chi connectivity index (χ3v) is 3.49. The maximum absolute atomic E-state index is 6.16. The Bertz CT molecular complexity index is 589. The van der Waals surface area contributed by atoms with Crippen LogP contribution in [0.5, 0.6) is 0 Å². The van der Waals surface area contributed by atoms with E-state index in [0.717, 1.165) is 22.8 Å². The first-order chi connectivity index (χ1) is 9.11. The van der Waals surface area contributed by atoms with Gasteiger partial charge in [-0.15, -0.1) is 0 Å². The van der Waals surface area contributed by atoms with E-state index in [9.17, 15) is 0 Å². The van der Waals surface area contributed by atoms with Gasteiger partial charge in [-0.3, -0.25) is 0 Å². The lowest BCUT2D eigenvalue weighted by Gasteiger charge is -2.16. The van der Waals surface area contributed by atoms with E-state index < -0.39 is 0 Å². The Morgan fingerprint density at radius 1 is 1.53 bits per heavy atom. The van der Waals surface area contributed by atoms with Crippen LogP contribution >= 0.6 is 35.5 Å². The van der Waals surface area contributed by atoms with E-state index in [0.29, 0.717) is 22.4 Å². The average Bonchev–Trinajstić information content (AvgIpc) is 2.81. The number of benzene rings is 1. The molecule has 0 spiro atoms. The van der Waals surface area contributed by atoms with Crippen molar-refractivity contribution in [3.05, 3.63) is 17.2 Å². The van der Waals surface area contributed by atoms with Crippen LogP contribution < -0.4 is 10.6 Å². The predicted octanol–water partition coefficient (Wildman–Crippen LogP) is 2.67. The standard InChI is InChI=1S/C11H13ClN4OS2/c1-6(5-17-2)13-11(18)14-9-7(12)3-4-8-10(9)16-19-15-8/h3-4,6H,5H2,1-2H3,(H2,13,14,18). The molecule has 0 saturated carbocycles. The van der Waals surface area contributed by atoms with Crippen molar-refractivity contribution in [1.82, 2.24) is 14.1 Å². The molecule has 2 rings (SSSR count). The monoisotopic (exact) mass is 316 g/mol. The Morgan fingerprint density at radius 2 is 2.32 bits per heavy atom. The zero-order valence-electron chi connectivity index (χ0n) is 10.4. The van der Waals surface area contributed by atoms with Crippen LogP contribution in [0.3, 0.4) is 0 Å². The number of methoxy groups -OCH3 is 1. The maximum Gasteiger partial charge on any atom is 0.171 e. The summed E-state index contributed by atoms with van der Waals surface area (Å²) in [6.07, 6.45) is 0. The molecule has 8 heteroatoms. The molecule has 1 unspecified atom stereocenters. The Labute approximate surface area is 125 Å². The minimum absolute atomic E-state index is 0.108. The van der Waals surface area contributed by atoms with E-state index in [1.807, 2.05) is 13.0 Å². The zero-order valence-corrected chi connectivity index (χ0v) is 12.8. The van der Waals surface area contributed by atoms with Gasteiger partial charge in [0.15, 0.2) is 5.11 Å². The fraction of sp³-hybridized carbons (Fsp3) is 0.364. The summed E-state index contributed by atoms with van der Waals surface area (Å²) in [7, 11) is 1.65. The highest BCUT2D eigenvalue weighted by atomic mass is 35.5. The molecule has 19 heavy (non-hydrogen) atoms. The Hall–Kier alpha value is -1.02. The van der Waals surface area contributed by atoms with Gasteiger partial charge in [-0.2, -0.15) is 8.75 Å². The summed E-state index contributed by atoms with van der Waals surface area (Å²) >= 11 is 12.5. The van der Waals surface area contributed by atoms with Gasteiger partial charge in [0, 0.05) is 13.2 Å². The summed E-state index contributed by atoms with van der Waals surface area (Å²) in [6.45, 7) is 2.54. The van der Waals surface area contributed by atoms with Crippen molar-refractivity contribution in [2.75, 3.05) is 19.0 Å². The summed E-state index contributed by atoms with van der Waals surface area (Å²) in [4.78, 5) is 0. The fourth-order valence-electron chi connectivity index (χ4n) is 1.61. The first-order valence-electron chi connectivity index (χ1n) is 5.59. The van der Waals surface area contributed by atoms with Gasteiger partial charge < -0.3 is 15.4 Å². The molecular formula is C11H13ClN4OS2. The smallest absolute Gasteiger partial charge is 0.171 e. The number of thiocarbonyl (C=S) groups is 1. The van der Waals surface area contributed by atoms with E-state index in [1.165, 1.54) is 0 Å². The van der Waals surface area contributed by atoms with Crippen molar-refractivity contribution in [3.63, 3.8) is 0 Å². The van der Waals surface area contributed by atoms with Crippen molar-refractivity contribution in [1.29, 1.82) is 0 Å². The van der Waals surface area contributed by atoms with Crippen molar-refractivity contribution >= 4 is 57.4 Å². The number of rotatable bonds is 4. The summed E-state index contributed by atoms with van der Waals surface area (Å²) in [6, 6.07) is 3.71. The lowest BCUT2D eigenvalue weighted by Crippen LogP contribution is -2.38. The Morgan fingerprint density at radius 3 is 3.05 bits per heavy atom. The molecule has 0 fully saturated rings. The van der Waals surface area contributed by atoms with Gasteiger partial charge >= 0.3 is 0 Å². The number of anilines is 1. The first kappa shape index (κ1) is 14.4. The number of nitrogens with one attached hydrogen (secondary N) is 2. The van der Waals surface area contributed by atoms with Crippen molar-refractivity contribution in [2.24, 2.45) is 0 Å². The summed E-state index contributed by atoms with van der Waals surface area (Å²) in [5.74, 6) is 0. The molecule has 1 aromatic carbocycles. The molecule has 0 saturated heterocycles. The van der Waals surface area contributed by atoms with E-state index in [-0.39, 0.29) is 6.04 Å². The highest BCUT2D eigenvalue weighted by Gasteiger charge is 2.12. The molecule has 102 valence electrons. The number of halogens is 1. The molecule has 0 amide bonds. The van der Waals surface area contributed by atoms with Gasteiger partial charge in [0.25, 0.3) is 0 Å². The zero-order chi connectivity index (χ0) is 13.8.